The number of hydrogen-bond acceptors (Lipinski definition) is 5. The molecular weight excluding hydrogens is 364 g/mol. The van der Waals surface area contributed by atoms with Crippen molar-refractivity contribution in [2.24, 2.45) is 0 Å². The van der Waals surface area contributed by atoms with Crippen molar-refractivity contribution in [3.8, 4) is 23.3 Å². The predicted molar refractivity (Wildman–Crippen MR) is 116 cm³/mol. The van der Waals surface area contributed by atoms with Crippen LogP contribution < -0.4 is 14.2 Å². The van der Waals surface area contributed by atoms with Gasteiger partial charge in [-0.25, -0.2) is 0 Å². The van der Waals surface area contributed by atoms with Gasteiger partial charge < -0.3 is 14.2 Å². The summed E-state index contributed by atoms with van der Waals surface area (Å²) < 4.78 is 17.9. The SMILES string of the molecule is CCCOc1cc(/C=C(/C#N)c2cccc(C)n2)cc(OCCC)c1OCCC. The summed E-state index contributed by atoms with van der Waals surface area (Å²) in [6.45, 7) is 9.82. The molecule has 0 atom stereocenters. The van der Waals surface area contributed by atoms with Gasteiger partial charge in [-0.3, -0.25) is 4.98 Å². The number of ether oxygens (including phenoxy) is 3. The molecule has 154 valence electrons. The van der Waals surface area contributed by atoms with Crippen LogP contribution in [0.3, 0.4) is 0 Å². The van der Waals surface area contributed by atoms with E-state index in [0.29, 0.717) is 48.3 Å². The molecule has 0 aliphatic heterocycles. The Morgan fingerprint density at radius 1 is 0.966 bits per heavy atom. The summed E-state index contributed by atoms with van der Waals surface area (Å²) in [5, 5.41) is 9.68. The molecule has 0 amide bonds. The van der Waals surface area contributed by atoms with Gasteiger partial charge in [0.15, 0.2) is 11.5 Å². The number of rotatable bonds is 11. The summed E-state index contributed by atoms with van der Waals surface area (Å²) in [5.74, 6) is 1.89. The van der Waals surface area contributed by atoms with E-state index in [-0.39, 0.29) is 0 Å². The lowest BCUT2D eigenvalue weighted by atomic mass is 10.1. The zero-order valence-electron chi connectivity index (χ0n) is 17.8. The van der Waals surface area contributed by atoms with Gasteiger partial charge in [0.2, 0.25) is 5.75 Å². The number of allylic oxidation sites excluding steroid dienone is 1. The monoisotopic (exact) mass is 394 g/mol. The maximum absolute atomic E-state index is 9.68. The molecule has 0 spiro atoms. The second kappa shape index (κ2) is 11.8. The van der Waals surface area contributed by atoms with Crippen molar-refractivity contribution in [3.05, 3.63) is 47.3 Å². The Kier molecular flexibility index (Phi) is 9.04. The zero-order valence-corrected chi connectivity index (χ0v) is 17.8. The summed E-state index contributed by atoms with van der Waals surface area (Å²) in [7, 11) is 0. The Balaban J connectivity index is 2.53. The lowest BCUT2D eigenvalue weighted by Gasteiger charge is -2.17. The third-order valence-corrected chi connectivity index (χ3v) is 4.01. The molecule has 29 heavy (non-hydrogen) atoms. The van der Waals surface area contributed by atoms with Crippen LogP contribution in [0.25, 0.3) is 11.6 Å². The molecule has 2 rings (SSSR count). The highest BCUT2D eigenvalue weighted by atomic mass is 16.5. The lowest BCUT2D eigenvalue weighted by molar-refractivity contribution is 0.243. The molecule has 0 aliphatic carbocycles. The van der Waals surface area contributed by atoms with Crippen LogP contribution >= 0.6 is 0 Å². The third kappa shape index (κ3) is 6.53. The summed E-state index contributed by atoms with van der Waals surface area (Å²) in [6, 6.07) is 11.7. The highest BCUT2D eigenvalue weighted by molar-refractivity contribution is 5.89. The van der Waals surface area contributed by atoms with Gasteiger partial charge in [0.25, 0.3) is 0 Å². The average Bonchev–Trinajstić information content (AvgIpc) is 2.73. The molecule has 0 radical (unpaired) electrons. The Bertz CT molecular complexity index is 840. The second-order valence-electron chi connectivity index (χ2n) is 6.73. The largest absolute Gasteiger partial charge is 0.490 e. The predicted octanol–water partition coefficient (Wildman–Crippen LogP) is 5.82. The number of nitriles is 1. The standard InChI is InChI=1S/C24H30N2O3/c1-5-11-27-22-15-19(14-20(17-25)21-10-8-9-18(4)26-21)16-23(28-12-6-2)24(22)29-13-7-3/h8-10,14-16H,5-7,11-13H2,1-4H3/b20-14-. The van der Waals surface area contributed by atoms with Gasteiger partial charge in [-0.15, -0.1) is 0 Å². The fourth-order valence-electron chi connectivity index (χ4n) is 2.69. The minimum atomic E-state index is 0.485. The molecular formula is C24H30N2O3. The first-order valence-electron chi connectivity index (χ1n) is 10.2. The van der Waals surface area contributed by atoms with E-state index < -0.39 is 0 Å². The fraction of sp³-hybridized carbons (Fsp3) is 0.417. The van der Waals surface area contributed by atoms with Gasteiger partial charge >= 0.3 is 0 Å². The van der Waals surface area contributed by atoms with Crippen LogP contribution in [0.1, 0.15) is 57.0 Å². The topological polar surface area (TPSA) is 64.4 Å². The zero-order chi connectivity index (χ0) is 21.1. The molecule has 0 aliphatic rings. The van der Waals surface area contributed by atoms with Crippen LogP contribution in [-0.4, -0.2) is 24.8 Å². The van der Waals surface area contributed by atoms with Crippen LogP contribution in [0, 0.1) is 18.3 Å². The minimum absolute atomic E-state index is 0.485. The normalized spacial score (nSPS) is 11.1. The first-order chi connectivity index (χ1) is 14.1. The van der Waals surface area contributed by atoms with Crippen LogP contribution in [0.4, 0.5) is 0 Å². The highest BCUT2D eigenvalue weighted by Gasteiger charge is 2.16. The second-order valence-corrected chi connectivity index (χ2v) is 6.73. The van der Waals surface area contributed by atoms with E-state index in [4.69, 9.17) is 14.2 Å². The molecule has 1 aromatic heterocycles. The molecule has 0 N–H and O–H groups in total. The van der Waals surface area contributed by atoms with Gasteiger partial charge in [-0.2, -0.15) is 5.26 Å². The molecule has 1 heterocycles. The first-order valence-corrected chi connectivity index (χ1v) is 10.2. The Morgan fingerprint density at radius 3 is 2.07 bits per heavy atom. The van der Waals surface area contributed by atoms with Crippen molar-refractivity contribution < 1.29 is 14.2 Å². The number of pyridine rings is 1. The van der Waals surface area contributed by atoms with Gasteiger partial charge in [-0.1, -0.05) is 26.8 Å². The molecule has 0 fully saturated rings. The van der Waals surface area contributed by atoms with E-state index >= 15 is 0 Å². The number of aryl methyl sites for hydroxylation is 1. The van der Waals surface area contributed by atoms with E-state index in [2.05, 4.69) is 31.8 Å². The first kappa shape index (κ1) is 22.3. The number of nitrogens with zero attached hydrogens (tertiary/aromatic N) is 2. The fourth-order valence-corrected chi connectivity index (χ4v) is 2.69. The quantitative estimate of drug-likeness (QED) is 0.449. The van der Waals surface area contributed by atoms with Crippen LogP contribution in [0.5, 0.6) is 17.2 Å². The Labute approximate surface area is 173 Å². The smallest absolute Gasteiger partial charge is 0.203 e. The molecule has 0 saturated heterocycles. The summed E-state index contributed by atoms with van der Waals surface area (Å²) >= 11 is 0. The number of aromatic nitrogens is 1. The molecule has 1 aromatic carbocycles. The van der Waals surface area contributed by atoms with Crippen LogP contribution in [-0.2, 0) is 0 Å². The van der Waals surface area contributed by atoms with E-state index in [0.717, 1.165) is 30.5 Å². The average molecular weight is 395 g/mol. The number of hydrogen-bond donors (Lipinski definition) is 0. The van der Waals surface area contributed by atoms with Crippen molar-refractivity contribution in [2.75, 3.05) is 19.8 Å². The molecule has 5 nitrogen and oxygen atoms in total. The van der Waals surface area contributed by atoms with Gasteiger partial charge in [0.1, 0.15) is 6.07 Å². The summed E-state index contributed by atoms with van der Waals surface area (Å²) in [4.78, 5) is 4.46. The van der Waals surface area contributed by atoms with Crippen molar-refractivity contribution in [1.82, 2.24) is 4.98 Å². The molecule has 5 heteroatoms. The van der Waals surface area contributed by atoms with E-state index in [1.807, 2.05) is 43.3 Å². The van der Waals surface area contributed by atoms with Gasteiger partial charge in [-0.05, 0) is 62.1 Å². The highest BCUT2D eigenvalue weighted by Crippen LogP contribution is 2.40. The van der Waals surface area contributed by atoms with Crippen molar-refractivity contribution in [3.63, 3.8) is 0 Å². The molecule has 2 aromatic rings. The molecule has 0 bridgehead atoms. The Hall–Kier alpha value is -3.00. The van der Waals surface area contributed by atoms with Gasteiger partial charge in [0, 0.05) is 5.69 Å². The Morgan fingerprint density at radius 2 is 1.55 bits per heavy atom. The van der Waals surface area contributed by atoms with Crippen molar-refractivity contribution in [1.29, 1.82) is 5.26 Å². The maximum atomic E-state index is 9.68. The maximum Gasteiger partial charge on any atom is 0.203 e. The van der Waals surface area contributed by atoms with E-state index in [1.165, 1.54) is 0 Å². The summed E-state index contributed by atoms with van der Waals surface area (Å²) in [5.41, 5.74) is 2.81. The van der Waals surface area contributed by atoms with E-state index in [1.54, 1.807) is 0 Å². The van der Waals surface area contributed by atoms with Crippen LogP contribution in [0.15, 0.2) is 30.3 Å². The summed E-state index contributed by atoms with van der Waals surface area (Å²) in [6.07, 6.45) is 4.47. The van der Waals surface area contributed by atoms with Gasteiger partial charge in [0.05, 0.1) is 31.1 Å². The van der Waals surface area contributed by atoms with Crippen molar-refractivity contribution in [2.45, 2.75) is 47.0 Å². The molecule has 0 unspecified atom stereocenters. The third-order valence-electron chi connectivity index (χ3n) is 4.01. The number of benzene rings is 1. The minimum Gasteiger partial charge on any atom is -0.490 e. The van der Waals surface area contributed by atoms with Crippen molar-refractivity contribution >= 4 is 11.6 Å². The molecule has 0 saturated carbocycles. The van der Waals surface area contributed by atoms with Crippen LogP contribution in [0.2, 0.25) is 0 Å². The van der Waals surface area contributed by atoms with E-state index in [9.17, 15) is 5.26 Å². The lowest BCUT2D eigenvalue weighted by Crippen LogP contribution is -2.05.